The minimum absolute atomic E-state index is 0.0668. The summed E-state index contributed by atoms with van der Waals surface area (Å²) in [5, 5.41) is 0. The summed E-state index contributed by atoms with van der Waals surface area (Å²) in [6.07, 6.45) is 2.09. The quantitative estimate of drug-likeness (QED) is 0.821. The summed E-state index contributed by atoms with van der Waals surface area (Å²) in [6.45, 7) is 1.63. The van der Waals surface area contributed by atoms with Gasteiger partial charge >= 0.3 is 0 Å². The lowest BCUT2D eigenvalue weighted by Gasteiger charge is -2.40. The van der Waals surface area contributed by atoms with Crippen molar-refractivity contribution in [3.63, 3.8) is 0 Å². The number of piperazine rings is 1. The third-order valence-corrected chi connectivity index (χ3v) is 5.08. The maximum Gasteiger partial charge on any atom is 0.289 e. The van der Waals surface area contributed by atoms with E-state index in [4.69, 9.17) is 4.42 Å². The maximum atomic E-state index is 13.1. The molecule has 140 valence electrons. The molecule has 2 fully saturated rings. The van der Waals surface area contributed by atoms with Crippen molar-refractivity contribution in [3.05, 3.63) is 60.1 Å². The molecule has 27 heavy (non-hydrogen) atoms. The van der Waals surface area contributed by atoms with Crippen molar-refractivity contribution in [2.24, 2.45) is 0 Å². The van der Waals surface area contributed by atoms with E-state index >= 15 is 0 Å². The normalized spacial score (nSPS) is 20.4. The molecule has 3 heterocycles. The lowest BCUT2D eigenvalue weighted by atomic mass is 10.1. The molecule has 2 aromatic rings. The molecule has 2 saturated heterocycles. The first kappa shape index (κ1) is 17.3. The molecule has 3 amide bonds. The van der Waals surface area contributed by atoms with E-state index < -0.39 is 6.04 Å². The fourth-order valence-corrected chi connectivity index (χ4v) is 3.72. The van der Waals surface area contributed by atoms with Crippen LogP contribution >= 0.6 is 0 Å². The van der Waals surface area contributed by atoms with Crippen LogP contribution in [0.5, 0.6) is 0 Å². The zero-order chi connectivity index (χ0) is 18.8. The van der Waals surface area contributed by atoms with Crippen LogP contribution in [0.1, 0.15) is 22.5 Å². The van der Waals surface area contributed by atoms with Gasteiger partial charge in [0, 0.05) is 19.6 Å². The highest BCUT2D eigenvalue weighted by Crippen LogP contribution is 2.21. The number of carbonyl (C=O) groups is 3. The molecule has 0 saturated carbocycles. The Morgan fingerprint density at radius 2 is 1.89 bits per heavy atom. The molecule has 0 bridgehead atoms. The van der Waals surface area contributed by atoms with Crippen LogP contribution in [0.2, 0.25) is 0 Å². The van der Waals surface area contributed by atoms with Gasteiger partial charge in [0.1, 0.15) is 12.6 Å². The molecule has 0 aliphatic carbocycles. The van der Waals surface area contributed by atoms with Crippen molar-refractivity contribution < 1.29 is 18.8 Å². The zero-order valence-corrected chi connectivity index (χ0v) is 14.9. The standard InChI is InChI=1S/C20H21N3O4/c24-18-14-22(12-15-6-2-1-3-7-15)19(25)16-13-21(9-5-10-23(16)18)20(26)17-8-4-11-27-17/h1-4,6-8,11,16H,5,9-10,12-14H2. The van der Waals surface area contributed by atoms with Crippen LogP contribution in [0.25, 0.3) is 0 Å². The predicted molar refractivity (Wildman–Crippen MR) is 96.6 cm³/mol. The molecule has 2 aliphatic heterocycles. The number of hydrogen-bond acceptors (Lipinski definition) is 4. The van der Waals surface area contributed by atoms with Gasteiger partial charge in [-0.1, -0.05) is 30.3 Å². The second-order valence-electron chi connectivity index (χ2n) is 6.86. The number of nitrogens with zero attached hydrogens (tertiary/aromatic N) is 3. The average molecular weight is 367 g/mol. The van der Waals surface area contributed by atoms with Gasteiger partial charge in [0.15, 0.2) is 5.76 Å². The molecule has 0 radical (unpaired) electrons. The molecule has 7 heteroatoms. The summed E-state index contributed by atoms with van der Waals surface area (Å²) in [7, 11) is 0. The van der Waals surface area contributed by atoms with Crippen molar-refractivity contribution in [3.8, 4) is 0 Å². The first-order chi connectivity index (χ1) is 13.1. The number of fused-ring (bicyclic) bond motifs is 1. The van der Waals surface area contributed by atoms with Gasteiger partial charge in [-0.2, -0.15) is 0 Å². The molecular formula is C20H21N3O4. The topological polar surface area (TPSA) is 74.1 Å². The Bertz CT molecular complexity index is 834. The van der Waals surface area contributed by atoms with E-state index in [-0.39, 0.29) is 36.6 Å². The summed E-state index contributed by atoms with van der Waals surface area (Å²) in [6, 6.07) is 12.2. The molecule has 1 aromatic heterocycles. The van der Waals surface area contributed by atoms with Gasteiger partial charge in [-0.15, -0.1) is 0 Å². The van der Waals surface area contributed by atoms with Gasteiger partial charge in [-0.25, -0.2) is 0 Å². The first-order valence-corrected chi connectivity index (χ1v) is 9.08. The van der Waals surface area contributed by atoms with E-state index in [0.717, 1.165) is 5.56 Å². The van der Waals surface area contributed by atoms with Crippen LogP contribution in [0.4, 0.5) is 0 Å². The lowest BCUT2D eigenvalue weighted by Crippen LogP contribution is -2.61. The smallest absolute Gasteiger partial charge is 0.289 e. The van der Waals surface area contributed by atoms with E-state index in [1.165, 1.54) is 6.26 Å². The van der Waals surface area contributed by atoms with E-state index in [1.54, 1.807) is 26.8 Å². The maximum absolute atomic E-state index is 13.1. The van der Waals surface area contributed by atoms with Crippen LogP contribution in [0, 0.1) is 0 Å². The Hall–Kier alpha value is -3.09. The third kappa shape index (κ3) is 3.45. The number of carbonyl (C=O) groups excluding carboxylic acids is 3. The van der Waals surface area contributed by atoms with Crippen LogP contribution in [0.15, 0.2) is 53.1 Å². The molecule has 0 spiro atoms. The Kier molecular flexibility index (Phi) is 4.66. The highest BCUT2D eigenvalue weighted by atomic mass is 16.3. The van der Waals surface area contributed by atoms with Crippen LogP contribution in [-0.2, 0) is 16.1 Å². The number of benzene rings is 1. The van der Waals surface area contributed by atoms with Crippen LogP contribution < -0.4 is 0 Å². The fraction of sp³-hybridized carbons (Fsp3) is 0.350. The molecule has 1 unspecified atom stereocenters. The van der Waals surface area contributed by atoms with Gasteiger partial charge in [0.2, 0.25) is 11.8 Å². The Labute approximate surface area is 157 Å². The molecular weight excluding hydrogens is 346 g/mol. The fourth-order valence-electron chi connectivity index (χ4n) is 3.72. The van der Waals surface area contributed by atoms with Crippen molar-refractivity contribution in [2.45, 2.75) is 19.0 Å². The SMILES string of the molecule is O=C(c1ccco1)N1CCCN2C(=O)CN(Cc3ccccc3)C(=O)C2C1. The van der Waals surface area contributed by atoms with E-state index in [0.29, 0.717) is 26.1 Å². The average Bonchev–Trinajstić information content (AvgIpc) is 3.12. The predicted octanol–water partition coefficient (Wildman–Crippen LogP) is 1.37. The summed E-state index contributed by atoms with van der Waals surface area (Å²) >= 11 is 0. The Morgan fingerprint density at radius 1 is 1.07 bits per heavy atom. The number of furan rings is 1. The molecule has 1 atom stereocenters. The van der Waals surface area contributed by atoms with E-state index in [2.05, 4.69) is 0 Å². The second-order valence-corrected chi connectivity index (χ2v) is 6.86. The minimum atomic E-state index is -0.642. The molecule has 7 nitrogen and oxygen atoms in total. The third-order valence-electron chi connectivity index (χ3n) is 5.08. The Balaban J connectivity index is 1.54. The van der Waals surface area contributed by atoms with Crippen molar-refractivity contribution in [2.75, 3.05) is 26.2 Å². The number of rotatable bonds is 3. The Morgan fingerprint density at radius 3 is 2.63 bits per heavy atom. The van der Waals surface area contributed by atoms with E-state index in [9.17, 15) is 14.4 Å². The molecule has 4 rings (SSSR count). The second kappa shape index (κ2) is 7.26. The van der Waals surface area contributed by atoms with Crippen LogP contribution in [0.3, 0.4) is 0 Å². The van der Waals surface area contributed by atoms with Gasteiger partial charge in [0.05, 0.1) is 12.8 Å². The van der Waals surface area contributed by atoms with Crippen molar-refractivity contribution in [1.82, 2.24) is 14.7 Å². The molecule has 0 N–H and O–H groups in total. The van der Waals surface area contributed by atoms with Crippen LogP contribution in [-0.4, -0.2) is 64.6 Å². The summed E-state index contributed by atoms with van der Waals surface area (Å²) in [5.41, 5.74) is 0.976. The zero-order valence-electron chi connectivity index (χ0n) is 14.9. The first-order valence-electron chi connectivity index (χ1n) is 9.08. The highest BCUT2D eigenvalue weighted by molar-refractivity contribution is 5.96. The minimum Gasteiger partial charge on any atom is -0.459 e. The van der Waals surface area contributed by atoms with E-state index in [1.807, 2.05) is 30.3 Å². The number of amides is 3. The number of hydrogen-bond donors (Lipinski definition) is 0. The molecule has 2 aliphatic rings. The summed E-state index contributed by atoms with van der Waals surface area (Å²) < 4.78 is 5.21. The van der Waals surface area contributed by atoms with Crippen molar-refractivity contribution in [1.29, 1.82) is 0 Å². The summed E-state index contributed by atoms with van der Waals surface area (Å²) in [4.78, 5) is 43.2. The van der Waals surface area contributed by atoms with Gasteiger partial charge in [-0.3, -0.25) is 14.4 Å². The van der Waals surface area contributed by atoms with Gasteiger partial charge in [0.25, 0.3) is 5.91 Å². The lowest BCUT2D eigenvalue weighted by molar-refractivity contribution is -0.156. The largest absolute Gasteiger partial charge is 0.459 e. The van der Waals surface area contributed by atoms with Crippen molar-refractivity contribution >= 4 is 17.7 Å². The monoisotopic (exact) mass is 367 g/mol. The highest BCUT2D eigenvalue weighted by Gasteiger charge is 2.42. The molecule has 1 aromatic carbocycles. The summed E-state index contributed by atoms with van der Waals surface area (Å²) in [5.74, 6) is -0.179. The van der Waals surface area contributed by atoms with Gasteiger partial charge in [-0.05, 0) is 24.1 Å². The van der Waals surface area contributed by atoms with Gasteiger partial charge < -0.3 is 19.1 Å².